The van der Waals surface area contributed by atoms with Crippen molar-refractivity contribution in [3.8, 4) is 0 Å². The summed E-state index contributed by atoms with van der Waals surface area (Å²) in [6.07, 6.45) is 2.26. The predicted octanol–water partition coefficient (Wildman–Crippen LogP) is 3.40. The number of rotatable bonds is 4. The van der Waals surface area contributed by atoms with Crippen LogP contribution < -0.4 is 5.48 Å². The summed E-state index contributed by atoms with van der Waals surface area (Å²) < 4.78 is 0. The second-order valence-corrected chi connectivity index (χ2v) is 4.68. The molecule has 92 valence electrons. The fraction of sp³-hybridized carbons (Fsp3) is 0.250. The van der Waals surface area contributed by atoms with Crippen LogP contribution in [0, 0.1) is 0 Å². The fourth-order valence-corrected chi connectivity index (χ4v) is 2.48. The summed E-state index contributed by atoms with van der Waals surface area (Å²) in [6, 6.07) is 19.2. The molecule has 0 saturated carbocycles. The van der Waals surface area contributed by atoms with Crippen molar-refractivity contribution in [1.29, 1.82) is 0 Å². The van der Waals surface area contributed by atoms with Gasteiger partial charge in [-0.25, -0.2) is 0 Å². The van der Waals surface area contributed by atoms with Crippen molar-refractivity contribution in [3.05, 3.63) is 71.3 Å². The van der Waals surface area contributed by atoms with Gasteiger partial charge in [0, 0.05) is 0 Å². The lowest BCUT2D eigenvalue weighted by atomic mass is 10.1. The Morgan fingerprint density at radius 3 is 2.67 bits per heavy atom. The van der Waals surface area contributed by atoms with Gasteiger partial charge in [0.05, 0.1) is 12.6 Å². The van der Waals surface area contributed by atoms with Crippen LogP contribution in [0.25, 0.3) is 0 Å². The summed E-state index contributed by atoms with van der Waals surface area (Å²) >= 11 is 0. The van der Waals surface area contributed by atoms with E-state index < -0.39 is 0 Å². The maximum Gasteiger partial charge on any atom is 0.0933 e. The van der Waals surface area contributed by atoms with E-state index in [0.717, 1.165) is 12.8 Å². The largest absolute Gasteiger partial charge is 0.296 e. The zero-order valence-electron chi connectivity index (χ0n) is 10.3. The average Bonchev–Trinajstić information content (AvgIpc) is 2.84. The van der Waals surface area contributed by atoms with Crippen LogP contribution in [0.4, 0.5) is 0 Å². The van der Waals surface area contributed by atoms with Gasteiger partial charge < -0.3 is 0 Å². The smallest absolute Gasteiger partial charge is 0.0933 e. The van der Waals surface area contributed by atoms with Gasteiger partial charge in [0.2, 0.25) is 0 Å². The molecule has 1 N–H and O–H groups in total. The average molecular weight is 239 g/mol. The monoisotopic (exact) mass is 239 g/mol. The van der Waals surface area contributed by atoms with Crippen LogP contribution in [0.2, 0.25) is 0 Å². The Kier molecular flexibility index (Phi) is 3.40. The first-order valence-electron chi connectivity index (χ1n) is 6.42. The first-order chi connectivity index (χ1) is 8.93. The normalized spacial score (nSPS) is 17.7. The van der Waals surface area contributed by atoms with E-state index in [2.05, 4.69) is 41.9 Å². The van der Waals surface area contributed by atoms with E-state index in [4.69, 9.17) is 4.84 Å². The molecule has 1 atom stereocenters. The Morgan fingerprint density at radius 2 is 1.78 bits per heavy atom. The highest BCUT2D eigenvalue weighted by Gasteiger charge is 2.21. The summed E-state index contributed by atoms with van der Waals surface area (Å²) in [5.41, 5.74) is 7.20. The maximum absolute atomic E-state index is 5.61. The molecule has 0 bridgehead atoms. The van der Waals surface area contributed by atoms with E-state index in [9.17, 15) is 0 Å². The number of hydroxylamine groups is 1. The number of benzene rings is 2. The number of hydrogen-bond donors (Lipinski definition) is 1. The molecule has 2 aromatic carbocycles. The van der Waals surface area contributed by atoms with Crippen molar-refractivity contribution < 1.29 is 4.84 Å². The number of hydrogen-bond acceptors (Lipinski definition) is 2. The summed E-state index contributed by atoms with van der Waals surface area (Å²) in [5, 5.41) is 0. The molecule has 0 spiro atoms. The highest BCUT2D eigenvalue weighted by molar-refractivity contribution is 5.33. The Morgan fingerprint density at radius 1 is 1.00 bits per heavy atom. The lowest BCUT2D eigenvalue weighted by Gasteiger charge is -2.13. The molecule has 1 aliphatic carbocycles. The van der Waals surface area contributed by atoms with E-state index in [1.54, 1.807) is 0 Å². The van der Waals surface area contributed by atoms with Crippen LogP contribution in [0.1, 0.15) is 29.2 Å². The minimum Gasteiger partial charge on any atom is -0.296 e. The van der Waals surface area contributed by atoms with Crippen molar-refractivity contribution in [2.45, 2.75) is 25.5 Å². The molecule has 0 radical (unpaired) electrons. The van der Waals surface area contributed by atoms with E-state index in [1.807, 2.05) is 18.2 Å². The zero-order chi connectivity index (χ0) is 12.2. The van der Waals surface area contributed by atoms with Crippen LogP contribution in [0.3, 0.4) is 0 Å². The van der Waals surface area contributed by atoms with Crippen LogP contribution >= 0.6 is 0 Å². The van der Waals surface area contributed by atoms with Gasteiger partial charge in [0.15, 0.2) is 0 Å². The van der Waals surface area contributed by atoms with Crippen LogP contribution in [-0.4, -0.2) is 0 Å². The third-order valence-corrected chi connectivity index (χ3v) is 3.44. The van der Waals surface area contributed by atoms with Crippen LogP contribution in [0.5, 0.6) is 0 Å². The molecule has 2 nitrogen and oxygen atoms in total. The van der Waals surface area contributed by atoms with Crippen molar-refractivity contribution >= 4 is 0 Å². The molecule has 18 heavy (non-hydrogen) atoms. The molecular formula is C16H17NO. The third kappa shape index (κ3) is 2.45. The number of aryl methyl sites for hydroxylation is 1. The Labute approximate surface area is 108 Å². The molecule has 0 saturated heterocycles. The molecule has 0 fully saturated rings. The van der Waals surface area contributed by atoms with Crippen LogP contribution in [0.15, 0.2) is 54.6 Å². The van der Waals surface area contributed by atoms with Crippen molar-refractivity contribution in [3.63, 3.8) is 0 Å². The molecular weight excluding hydrogens is 222 g/mol. The number of fused-ring (bicyclic) bond motifs is 1. The minimum atomic E-state index is 0.338. The Bertz CT molecular complexity index is 510. The van der Waals surface area contributed by atoms with Gasteiger partial charge in [0.1, 0.15) is 0 Å². The van der Waals surface area contributed by atoms with Gasteiger partial charge in [-0.1, -0.05) is 54.6 Å². The molecule has 0 aromatic heterocycles. The van der Waals surface area contributed by atoms with E-state index in [1.165, 1.54) is 16.7 Å². The van der Waals surface area contributed by atoms with Gasteiger partial charge in [-0.05, 0) is 29.5 Å². The topological polar surface area (TPSA) is 21.3 Å². The highest BCUT2D eigenvalue weighted by atomic mass is 16.6. The molecule has 1 unspecified atom stereocenters. The lowest BCUT2D eigenvalue weighted by molar-refractivity contribution is 0.00332. The zero-order valence-corrected chi connectivity index (χ0v) is 10.3. The standard InChI is InChI=1S/C16H17NO/c1-2-6-13(7-3-1)12-18-17-16-11-10-14-8-4-5-9-15(14)16/h1-9,16-17H,10-12H2. The minimum absolute atomic E-state index is 0.338. The summed E-state index contributed by atoms with van der Waals surface area (Å²) in [6.45, 7) is 0.611. The quantitative estimate of drug-likeness (QED) is 0.826. The van der Waals surface area contributed by atoms with Gasteiger partial charge in [-0.2, -0.15) is 5.48 Å². The summed E-state index contributed by atoms with van der Waals surface area (Å²) in [5.74, 6) is 0. The Balaban J connectivity index is 1.56. The maximum atomic E-state index is 5.61. The fourth-order valence-electron chi connectivity index (χ4n) is 2.48. The highest BCUT2D eigenvalue weighted by Crippen LogP contribution is 2.30. The van der Waals surface area contributed by atoms with Crippen LogP contribution in [-0.2, 0) is 17.9 Å². The van der Waals surface area contributed by atoms with Crippen molar-refractivity contribution in [1.82, 2.24) is 5.48 Å². The van der Waals surface area contributed by atoms with E-state index in [0.29, 0.717) is 12.6 Å². The molecule has 0 aliphatic heterocycles. The van der Waals surface area contributed by atoms with Gasteiger partial charge in [0.25, 0.3) is 0 Å². The van der Waals surface area contributed by atoms with Gasteiger partial charge in [-0.3, -0.25) is 4.84 Å². The predicted molar refractivity (Wildman–Crippen MR) is 71.9 cm³/mol. The van der Waals surface area contributed by atoms with Crippen molar-refractivity contribution in [2.24, 2.45) is 0 Å². The second-order valence-electron chi connectivity index (χ2n) is 4.68. The lowest BCUT2D eigenvalue weighted by Crippen LogP contribution is -2.19. The van der Waals surface area contributed by atoms with Gasteiger partial charge >= 0.3 is 0 Å². The van der Waals surface area contributed by atoms with E-state index >= 15 is 0 Å². The Hall–Kier alpha value is -1.64. The molecule has 1 aliphatic rings. The summed E-state index contributed by atoms with van der Waals surface area (Å²) in [4.78, 5) is 5.61. The first kappa shape index (κ1) is 11.5. The number of nitrogens with one attached hydrogen (secondary N) is 1. The second kappa shape index (κ2) is 5.34. The molecule has 0 heterocycles. The molecule has 3 rings (SSSR count). The SMILES string of the molecule is c1ccc(CONC2CCc3ccccc32)cc1. The van der Waals surface area contributed by atoms with E-state index in [-0.39, 0.29) is 0 Å². The third-order valence-electron chi connectivity index (χ3n) is 3.44. The molecule has 0 amide bonds. The molecule has 2 heteroatoms. The van der Waals surface area contributed by atoms with Crippen molar-refractivity contribution in [2.75, 3.05) is 0 Å². The molecule has 2 aromatic rings. The first-order valence-corrected chi connectivity index (χ1v) is 6.42. The van der Waals surface area contributed by atoms with Gasteiger partial charge in [-0.15, -0.1) is 0 Å². The summed E-state index contributed by atoms with van der Waals surface area (Å²) in [7, 11) is 0.